The number of nitrogens with one attached hydrogen (secondary N) is 1. The van der Waals surface area contributed by atoms with Crippen LogP contribution in [0, 0.1) is 5.82 Å². The van der Waals surface area contributed by atoms with Crippen molar-refractivity contribution in [3.63, 3.8) is 0 Å². The largest absolute Gasteiger partial charge is 0.385 e. The number of halogens is 3. The number of anilines is 1. The van der Waals surface area contributed by atoms with Gasteiger partial charge in [-0.15, -0.1) is 0 Å². The van der Waals surface area contributed by atoms with E-state index >= 15 is 0 Å². The van der Waals surface area contributed by atoms with Gasteiger partial charge in [0.1, 0.15) is 17.3 Å². The third-order valence-electron chi connectivity index (χ3n) is 4.75. The lowest BCUT2D eigenvalue weighted by atomic mass is 9.80. The van der Waals surface area contributed by atoms with E-state index in [2.05, 4.69) is 31.2 Å². The molecule has 142 valence electrons. The zero-order valence-corrected chi connectivity index (χ0v) is 16.5. The van der Waals surface area contributed by atoms with Crippen molar-refractivity contribution in [1.29, 1.82) is 0 Å². The molecule has 0 saturated carbocycles. The number of amidine groups is 1. The molecule has 8 heteroatoms. The molecule has 0 saturated heterocycles. The molecule has 3 rings (SSSR count). The first kappa shape index (κ1) is 19.4. The van der Waals surface area contributed by atoms with Crippen molar-refractivity contribution >= 4 is 33.4 Å². The summed E-state index contributed by atoms with van der Waals surface area (Å²) in [4.78, 5) is 20.6. The normalized spacial score (nSPS) is 25.0. The van der Waals surface area contributed by atoms with Crippen molar-refractivity contribution in [2.75, 3.05) is 5.32 Å². The average molecular weight is 437 g/mol. The van der Waals surface area contributed by atoms with E-state index in [0.717, 1.165) is 4.47 Å². The predicted octanol–water partition coefficient (Wildman–Crippen LogP) is 4.33. The Morgan fingerprint density at radius 2 is 2.00 bits per heavy atom. The van der Waals surface area contributed by atoms with Crippen molar-refractivity contribution in [3.05, 3.63) is 58.1 Å². The molecule has 1 aromatic heterocycles. The van der Waals surface area contributed by atoms with Gasteiger partial charge in [-0.05, 0) is 73.0 Å². The number of rotatable bonds is 3. The van der Waals surface area contributed by atoms with Crippen LogP contribution in [-0.4, -0.2) is 22.4 Å². The van der Waals surface area contributed by atoms with Crippen LogP contribution in [0.25, 0.3) is 0 Å². The molecular formula is C19H19BrF2N4O. The molecule has 0 spiro atoms. The van der Waals surface area contributed by atoms with Gasteiger partial charge in [0.15, 0.2) is 5.67 Å². The van der Waals surface area contributed by atoms with E-state index in [9.17, 15) is 13.6 Å². The van der Waals surface area contributed by atoms with E-state index in [1.807, 2.05) is 0 Å². The minimum Gasteiger partial charge on any atom is -0.385 e. The Bertz CT molecular complexity index is 914. The van der Waals surface area contributed by atoms with E-state index in [1.54, 1.807) is 19.1 Å². The van der Waals surface area contributed by atoms with Gasteiger partial charge in [-0.3, -0.25) is 9.79 Å². The monoisotopic (exact) mass is 436 g/mol. The van der Waals surface area contributed by atoms with Crippen LogP contribution in [0.4, 0.5) is 14.5 Å². The van der Waals surface area contributed by atoms with Crippen LogP contribution in [0.5, 0.6) is 0 Å². The first-order valence-corrected chi connectivity index (χ1v) is 9.18. The number of hydrogen-bond donors (Lipinski definition) is 2. The van der Waals surface area contributed by atoms with Crippen LogP contribution in [-0.2, 0) is 5.54 Å². The standard InChI is InChI=1S/C19H19BrF2N4O/c1-18(22)7-8-19(2,26-17(18)23)13-9-12(4-5-14(13)21)25-16(27)15-6-3-11(20)10-24-15/h3-6,9-10H,7-8H2,1-2H3,(H2,23,26)(H,25,27)/t18-,19-/m0/s1. The minimum absolute atomic E-state index is 0.137. The van der Waals surface area contributed by atoms with Gasteiger partial charge in [0.2, 0.25) is 0 Å². The third-order valence-corrected chi connectivity index (χ3v) is 5.22. The number of nitrogens with two attached hydrogens (primary N) is 1. The number of aromatic nitrogens is 1. The fraction of sp³-hybridized carbons (Fsp3) is 0.316. The second-order valence-electron chi connectivity index (χ2n) is 6.98. The summed E-state index contributed by atoms with van der Waals surface area (Å²) in [6.45, 7) is 3.07. The van der Waals surface area contributed by atoms with Gasteiger partial charge < -0.3 is 11.1 Å². The molecule has 2 heterocycles. The highest BCUT2D eigenvalue weighted by Gasteiger charge is 2.41. The second kappa shape index (κ2) is 6.99. The number of benzene rings is 1. The summed E-state index contributed by atoms with van der Waals surface area (Å²) < 4.78 is 29.5. The lowest BCUT2D eigenvalue weighted by Gasteiger charge is -2.36. The van der Waals surface area contributed by atoms with Crippen molar-refractivity contribution in [3.8, 4) is 0 Å². The number of alkyl halides is 1. The van der Waals surface area contributed by atoms with E-state index < -0.39 is 22.9 Å². The summed E-state index contributed by atoms with van der Waals surface area (Å²) in [5.41, 5.74) is 3.92. The van der Waals surface area contributed by atoms with Crippen molar-refractivity contribution in [1.82, 2.24) is 4.98 Å². The Labute approximate surface area is 164 Å². The van der Waals surface area contributed by atoms with Gasteiger partial charge in [-0.25, -0.2) is 13.8 Å². The molecule has 1 aliphatic heterocycles. The molecule has 2 atom stereocenters. The maximum atomic E-state index is 14.5. The van der Waals surface area contributed by atoms with Crippen LogP contribution in [0.15, 0.2) is 46.0 Å². The van der Waals surface area contributed by atoms with Gasteiger partial charge in [-0.1, -0.05) is 0 Å². The Kier molecular flexibility index (Phi) is 5.03. The topological polar surface area (TPSA) is 80.4 Å². The molecule has 0 fully saturated rings. The van der Waals surface area contributed by atoms with Crippen LogP contribution < -0.4 is 11.1 Å². The number of nitrogens with zero attached hydrogens (tertiary/aromatic N) is 2. The van der Waals surface area contributed by atoms with Crippen molar-refractivity contribution in [2.45, 2.75) is 37.9 Å². The second-order valence-corrected chi connectivity index (χ2v) is 7.89. The molecule has 5 nitrogen and oxygen atoms in total. The highest BCUT2D eigenvalue weighted by atomic mass is 79.9. The third kappa shape index (κ3) is 4.00. The molecule has 3 N–H and O–H groups in total. The number of carbonyl (C=O) groups excluding carboxylic acids is 1. The summed E-state index contributed by atoms with van der Waals surface area (Å²) >= 11 is 3.26. The molecule has 0 unspecified atom stereocenters. The van der Waals surface area contributed by atoms with E-state index in [-0.39, 0.29) is 23.5 Å². The summed E-state index contributed by atoms with van der Waals surface area (Å²) in [5.74, 6) is -1.06. The van der Waals surface area contributed by atoms with Gasteiger partial charge in [0.25, 0.3) is 5.91 Å². The van der Waals surface area contributed by atoms with Crippen LogP contribution in [0.3, 0.4) is 0 Å². The fourth-order valence-electron chi connectivity index (χ4n) is 2.96. The van der Waals surface area contributed by atoms with Gasteiger partial charge in [-0.2, -0.15) is 0 Å². The number of pyridine rings is 1. The van der Waals surface area contributed by atoms with E-state index in [0.29, 0.717) is 12.1 Å². The summed E-state index contributed by atoms with van der Waals surface area (Å²) in [6.07, 6.45) is 1.94. The summed E-state index contributed by atoms with van der Waals surface area (Å²) in [6, 6.07) is 7.48. The summed E-state index contributed by atoms with van der Waals surface area (Å²) in [7, 11) is 0. The maximum absolute atomic E-state index is 14.5. The van der Waals surface area contributed by atoms with Crippen molar-refractivity contribution in [2.24, 2.45) is 10.7 Å². The molecule has 27 heavy (non-hydrogen) atoms. The van der Waals surface area contributed by atoms with Crippen LogP contribution in [0.2, 0.25) is 0 Å². The molecular weight excluding hydrogens is 418 g/mol. The van der Waals surface area contributed by atoms with Crippen molar-refractivity contribution < 1.29 is 13.6 Å². The number of carbonyl (C=O) groups is 1. The molecule has 0 radical (unpaired) electrons. The van der Waals surface area contributed by atoms with E-state index in [1.165, 1.54) is 31.3 Å². The molecule has 2 aromatic rings. The number of amides is 1. The Morgan fingerprint density at radius 3 is 2.63 bits per heavy atom. The van der Waals surface area contributed by atoms with E-state index in [4.69, 9.17) is 5.73 Å². The Hall–Kier alpha value is -2.35. The van der Waals surface area contributed by atoms with Gasteiger partial charge in [0, 0.05) is 21.9 Å². The van der Waals surface area contributed by atoms with Gasteiger partial charge >= 0.3 is 0 Å². The quantitative estimate of drug-likeness (QED) is 0.750. The maximum Gasteiger partial charge on any atom is 0.274 e. The molecule has 1 aromatic carbocycles. The van der Waals surface area contributed by atoms with Crippen LogP contribution in [0.1, 0.15) is 42.7 Å². The molecule has 1 aliphatic rings. The molecule has 0 aliphatic carbocycles. The molecule has 1 amide bonds. The SMILES string of the molecule is C[C@]1(F)CC[C@@](C)(c2cc(NC(=O)c3ccc(Br)cn3)ccc2F)N=C1N. The zero-order valence-electron chi connectivity index (χ0n) is 14.9. The smallest absolute Gasteiger partial charge is 0.274 e. The average Bonchev–Trinajstić information content (AvgIpc) is 2.61. The minimum atomic E-state index is -1.70. The summed E-state index contributed by atoms with van der Waals surface area (Å²) in [5, 5.41) is 2.69. The van der Waals surface area contributed by atoms with Gasteiger partial charge in [0.05, 0.1) is 5.54 Å². The lowest BCUT2D eigenvalue weighted by molar-refractivity contribution is 0.102. The highest BCUT2D eigenvalue weighted by Crippen LogP contribution is 2.40. The lowest BCUT2D eigenvalue weighted by Crippen LogP contribution is -2.45. The first-order chi connectivity index (χ1) is 12.6. The Balaban J connectivity index is 1.90. The number of hydrogen-bond acceptors (Lipinski definition) is 4. The van der Waals surface area contributed by atoms with Crippen LogP contribution >= 0.6 is 15.9 Å². The highest BCUT2D eigenvalue weighted by molar-refractivity contribution is 9.10. The number of aliphatic imine (C=N–C) groups is 1. The zero-order chi connectivity index (χ0) is 19.8. The molecule has 0 bridgehead atoms. The first-order valence-electron chi connectivity index (χ1n) is 8.38. The predicted molar refractivity (Wildman–Crippen MR) is 104 cm³/mol. The fourth-order valence-corrected chi connectivity index (χ4v) is 3.19. The Morgan fingerprint density at radius 1 is 1.26 bits per heavy atom.